The summed E-state index contributed by atoms with van der Waals surface area (Å²) in [6.07, 6.45) is 2.62. The van der Waals surface area contributed by atoms with Gasteiger partial charge in [-0.05, 0) is 16.9 Å². The average Bonchev–Trinajstić information content (AvgIpc) is 2.90. The highest BCUT2D eigenvalue weighted by atomic mass is 32.2. The molecule has 0 aliphatic carbocycles. The summed E-state index contributed by atoms with van der Waals surface area (Å²) in [6.45, 7) is 1.87. The summed E-state index contributed by atoms with van der Waals surface area (Å²) in [4.78, 5) is 36.7. The van der Waals surface area contributed by atoms with E-state index in [0.29, 0.717) is 18.1 Å². The SMILES string of the molecule is CC(=O)N(CCNC(=O)Cn1ccnc1[N+](=O)[O-])SCCS. The Morgan fingerprint density at radius 2 is 2.32 bits per heavy atom. The number of carbonyl (C=O) groups is 2. The van der Waals surface area contributed by atoms with E-state index in [1.165, 1.54) is 35.6 Å². The van der Waals surface area contributed by atoms with Crippen LogP contribution in [-0.2, 0) is 16.1 Å². The van der Waals surface area contributed by atoms with Crippen molar-refractivity contribution >= 4 is 42.3 Å². The van der Waals surface area contributed by atoms with Gasteiger partial charge in [-0.3, -0.25) is 13.9 Å². The van der Waals surface area contributed by atoms with Crippen LogP contribution in [0.15, 0.2) is 12.4 Å². The molecule has 0 saturated carbocycles. The van der Waals surface area contributed by atoms with Crippen molar-refractivity contribution in [2.75, 3.05) is 24.6 Å². The summed E-state index contributed by atoms with van der Waals surface area (Å²) in [6, 6.07) is 0. The lowest BCUT2D eigenvalue weighted by Gasteiger charge is -2.19. The minimum absolute atomic E-state index is 0.105. The van der Waals surface area contributed by atoms with Crippen LogP contribution in [0.4, 0.5) is 5.95 Å². The van der Waals surface area contributed by atoms with E-state index in [-0.39, 0.29) is 30.9 Å². The number of aromatic nitrogens is 2. The zero-order valence-corrected chi connectivity index (χ0v) is 13.7. The van der Waals surface area contributed by atoms with Crippen LogP contribution < -0.4 is 5.32 Å². The number of nitrogens with zero attached hydrogens (tertiary/aromatic N) is 4. The summed E-state index contributed by atoms with van der Waals surface area (Å²) in [7, 11) is 0. The Morgan fingerprint density at radius 1 is 1.59 bits per heavy atom. The Balaban J connectivity index is 2.40. The zero-order valence-electron chi connectivity index (χ0n) is 12.0. The molecule has 1 rings (SSSR count). The number of nitrogens with one attached hydrogen (secondary N) is 1. The third-order valence-electron chi connectivity index (χ3n) is 2.50. The summed E-state index contributed by atoms with van der Waals surface area (Å²) in [5.41, 5.74) is 0. The quantitative estimate of drug-likeness (QED) is 0.288. The van der Waals surface area contributed by atoms with Crippen LogP contribution in [-0.4, -0.2) is 55.2 Å². The Morgan fingerprint density at radius 3 is 2.91 bits per heavy atom. The number of hydrogen-bond acceptors (Lipinski definition) is 7. The van der Waals surface area contributed by atoms with Gasteiger partial charge in [-0.1, -0.05) is 4.98 Å². The van der Waals surface area contributed by atoms with E-state index < -0.39 is 4.92 Å². The second-order valence-electron chi connectivity index (χ2n) is 4.14. The van der Waals surface area contributed by atoms with Crippen molar-refractivity contribution in [1.82, 2.24) is 19.2 Å². The van der Waals surface area contributed by atoms with Crippen molar-refractivity contribution in [3.8, 4) is 0 Å². The highest BCUT2D eigenvalue weighted by Crippen LogP contribution is 2.09. The predicted molar refractivity (Wildman–Crippen MR) is 85.6 cm³/mol. The van der Waals surface area contributed by atoms with Gasteiger partial charge in [0.25, 0.3) is 5.91 Å². The Bertz CT molecular complexity index is 536. The fourth-order valence-electron chi connectivity index (χ4n) is 1.57. The van der Waals surface area contributed by atoms with Gasteiger partial charge in [0.15, 0.2) is 6.54 Å². The second kappa shape index (κ2) is 9.30. The number of carbonyl (C=O) groups excluding carboxylic acids is 2. The fraction of sp³-hybridized carbons (Fsp3) is 0.545. The molecule has 0 aliphatic rings. The maximum atomic E-state index is 11.7. The predicted octanol–water partition coefficient (Wildman–Crippen LogP) is 0.334. The van der Waals surface area contributed by atoms with Crippen LogP contribution >= 0.6 is 24.6 Å². The van der Waals surface area contributed by atoms with E-state index in [4.69, 9.17) is 0 Å². The molecule has 1 aromatic heterocycles. The largest absolute Gasteiger partial charge is 0.435 e. The minimum atomic E-state index is -0.654. The number of amides is 2. The van der Waals surface area contributed by atoms with Crippen LogP contribution in [0.1, 0.15) is 6.92 Å². The summed E-state index contributed by atoms with van der Waals surface area (Å²) in [5, 5.41) is 13.3. The first-order chi connectivity index (χ1) is 10.5. The second-order valence-corrected chi connectivity index (χ2v) is 5.69. The molecule has 0 aromatic carbocycles. The van der Waals surface area contributed by atoms with Gasteiger partial charge in [0, 0.05) is 31.5 Å². The van der Waals surface area contributed by atoms with E-state index in [1.54, 1.807) is 0 Å². The lowest BCUT2D eigenvalue weighted by Crippen LogP contribution is -2.35. The molecule has 1 aromatic rings. The molecule has 0 unspecified atom stereocenters. The van der Waals surface area contributed by atoms with Gasteiger partial charge in [-0.25, -0.2) is 4.57 Å². The van der Waals surface area contributed by atoms with Crippen LogP contribution in [0.5, 0.6) is 0 Å². The van der Waals surface area contributed by atoms with Crippen LogP contribution in [0, 0.1) is 10.1 Å². The van der Waals surface area contributed by atoms with Gasteiger partial charge >= 0.3 is 5.95 Å². The molecule has 2 amide bonds. The third-order valence-corrected chi connectivity index (χ3v) is 4.16. The number of nitro groups is 1. The molecule has 0 saturated heterocycles. The molecule has 0 bridgehead atoms. The maximum Gasteiger partial charge on any atom is 0.435 e. The minimum Gasteiger partial charge on any atom is -0.390 e. The molecule has 0 spiro atoms. The summed E-state index contributed by atoms with van der Waals surface area (Å²) >= 11 is 5.42. The normalized spacial score (nSPS) is 10.3. The van der Waals surface area contributed by atoms with Crippen molar-refractivity contribution in [3.05, 3.63) is 22.5 Å². The molecule has 1 heterocycles. The molecule has 0 aliphatic heterocycles. The fourth-order valence-corrected chi connectivity index (χ4v) is 2.52. The standard InChI is InChI=1S/C11H17N5O4S2/c1-9(17)15(22-7-6-21)5-3-12-10(18)8-14-4-2-13-11(14)16(19)20/h2,4,21H,3,5-8H2,1H3,(H,12,18). The Labute approximate surface area is 137 Å². The molecule has 1 N–H and O–H groups in total. The van der Waals surface area contributed by atoms with Gasteiger partial charge < -0.3 is 15.4 Å². The van der Waals surface area contributed by atoms with Crippen molar-refractivity contribution in [2.45, 2.75) is 13.5 Å². The number of imidazole rings is 1. The van der Waals surface area contributed by atoms with E-state index in [9.17, 15) is 19.7 Å². The number of thiol groups is 1. The van der Waals surface area contributed by atoms with Crippen molar-refractivity contribution in [1.29, 1.82) is 0 Å². The van der Waals surface area contributed by atoms with Crippen LogP contribution in [0.25, 0.3) is 0 Å². The summed E-state index contributed by atoms with van der Waals surface area (Å²) in [5.74, 6) is 0.461. The highest BCUT2D eigenvalue weighted by Gasteiger charge is 2.17. The monoisotopic (exact) mass is 347 g/mol. The zero-order chi connectivity index (χ0) is 16.5. The van der Waals surface area contributed by atoms with Gasteiger partial charge in [0.2, 0.25) is 5.91 Å². The lowest BCUT2D eigenvalue weighted by atomic mass is 10.5. The molecular weight excluding hydrogens is 330 g/mol. The smallest absolute Gasteiger partial charge is 0.390 e. The van der Waals surface area contributed by atoms with E-state index in [0.717, 1.165) is 4.57 Å². The average molecular weight is 347 g/mol. The lowest BCUT2D eigenvalue weighted by molar-refractivity contribution is -0.396. The van der Waals surface area contributed by atoms with Crippen molar-refractivity contribution < 1.29 is 14.5 Å². The first kappa shape index (κ1) is 18.3. The number of rotatable bonds is 9. The molecule has 22 heavy (non-hydrogen) atoms. The molecule has 11 heteroatoms. The molecule has 0 atom stereocenters. The van der Waals surface area contributed by atoms with Crippen LogP contribution in [0.3, 0.4) is 0 Å². The van der Waals surface area contributed by atoms with Gasteiger partial charge in [0.1, 0.15) is 12.4 Å². The maximum absolute atomic E-state index is 11.7. The molecule has 0 fully saturated rings. The van der Waals surface area contributed by atoms with E-state index in [2.05, 4.69) is 22.9 Å². The van der Waals surface area contributed by atoms with Gasteiger partial charge in [-0.2, -0.15) is 12.6 Å². The van der Waals surface area contributed by atoms with Crippen molar-refractivity contribution in [2.24, 2.45) is 0 Å². The molecular formula is C11H17N5O4S2. The van der Waals surface area contributed by atoms with Gasteiger partial charge in [-0.15, -0.1) is 0 Å². The van der Waals surface area contributed by atoms with Crippen molar-refractivity contribution in [3.63, 3.8) is 0 Å². The molecule has 9 nitrogen and oxygen atoms in total. The van der Waals surface area contributed by atoms with Crippen LogP contribution in [0.2, 0.25) is 0 Å². The summed E-state index contributed by atoms with van der Waals surface area (Å²) < 4.78 is 2.68. The Hall–Kier alpha value is -1.75. The van der Waals surface area contributed by atoms with E-state index in [1.807, 2.05) is 0 Å². The molecule has 122 valence electrons. The Kier molecular flexibility index (Phi) is 7.74. The van der Waals surface area contributed by atoms with Gasteiger partial charge in [0.05, 0.1) is 0 Å². The first-order valence-electron chi connectivity index (χ1n) is 6.39. The number of hydrogen-bond donors (Lipinski definition) is 2. The topological polar surface area (TPSA) is 110 Å². The van der Waals surface area contributed by atoms with E-state index >= 15 is 0 Å². The third kappa shape index (κ3) is 5.93. The molecule has 0 radical (unpaired) electrons. The first-order valence-corrected chi connectivity index (χ1v) is 7.97. The highest BCUT2D eigenvalue weighted by molar-refractivity contribution is 7.98.